The van der Waals surface area contributed by atoms with E-state index in [4.69, 9.17) is 5.84 Å². The van der Waals surface area contributed by atoms with Crippen LogP contribution in [0.3, 0.4) is 0 Å². The molecule has 0 aromatic carbocycles. The van der Waals surface area contributed by atoms with E-state index < -0.39 is 0 Å². The van der Waals surface area contributed by atoms with E-state index in [1.54, 1.807) is 0 Å². The molecule has 0 spiro atoms. The Morgan fingerprint density at radius 1 is 1.71 bits per heavy atom. The molecule has 4 heteroatoms. The molecule has 1 aliphatic carbocycles. The molecule has 0 bridgehead atoms. The van der Waals surface area contributed by atoms with Gasteiger partial charge in [0.25, 0.3) is 0 Å². The Bertz CT molecular complexity index is 314. The van der Waals surface area contributed by atoms with Gasteiger partial charge in [-0.15, -0.1) is 0 Å². The number of hydrogen-bond acceptors (Lipinski definition) is 3. The lowest BCUT2D eigenvalue weighted by Gasteiger charge is -2.14. The van der Waals surface area contributed by atoms with E-state index in [2.05, 4.69) is 17.4 Å². The first-order chi connectivity index (χ1) is 6.72. The van der Waals surface area contributed by atoms with Gasteiger partial charge in [0, 0.05) is 24.3 Å². The van der Waals surface area contributed by atoms with Gasteiger partial charge in [-0.05, 0) is 19.3 Å². The minimum atomic E-state index is 0.274. The standard InChI is InChI=1S/C10H18N4/c1-7-9(6-12-14(7)2)10(13-11)5-8-3-4-8/h6,8,10,13H,3-5,11H2,1-2H3. The third-order valence-electron chi connectivity index (χ3n) is 3.12. The zero-order valence-corrected chi connectivity index (χ0v) is 8.83. The molecule has 1 aromatic rings. The summed E-state index contributed by atoms with van der Waals surface area (Å²) in [6, 6.07) is 0.274. The van der Waals surface area contributed by atoms with Crippen LogP contribution < -0.4 is 11.3 Å². The normalized spacial score (nSPS) is 18.5. The van der Waals surface area contributed by atoms with Gasteiger partial charge in [-0.2, -0.15) is 5.10 Å². The lowest BCUT2D eigenvalue weighted by Crippen LogP contribution is -2.28. The molecule has 1 aromatic heterocycles. The van der Waals surface area contributed by atoms with Crippen LogP contribution in [-0.2, 0) is 7.05 Å². The zero-order valence-electron chi connectivity index (χ0n) is 8.83. The third-order valence-corrected chi connectivity index (χ3v) is 3.12. The zero-order chi connectivity index (χ0) is 10.1. The summed E-state index contributed by atoms with van der Waals surface area (Å²) in [5.41, 5.74) is 5.33. The maximum atomic E-state index is 5.57. The minimum Gasteiger partial charge on any atom is -0.273 e. The number of nitrogens with zero attached hydrogens (tertiary/aromatic N) is 2. The Morgan fingerprint density at radius 3 is 2.86 bits per heavy atom. The van der Waals surface area contributed by atoms with Crippen LogP contribution in [0.15, 0.2) is 6.20 Å². The van der Waals surface area contributed by atoms with Crippen LogP contribution in [-0.4, -0.2) is 9.78 Å². The molecule has 1 unspecified atom stereocenters. The van der Waals surface area contributed by atoms with Crippen LogP contribution in [0.5, 0.6) is 0 Å². The second-order valence-corrected chi connectivity index (χ2v) is 4.21. The van der Waals surface area contributed by atoms with Crippen molar-refractivity contribution in [2.45, 2.75) is 32.2 Å². The van der Waals surface area contributed by atoms with Crippen molar-refractivity contribution < 1.29 is 0 Å². The van der Waals surface area contributed by atoms with E-state index in [9.17, 15) is 0 Å². The summed E-state index contributed by atoms with van der Waals surface area (Å²) in [6.45, 7) is 2.08. The quantitative estimate of drug-likeness (QED) is 0.556. The molecule has 1 saturated carbocycles. The Morgan fingerprint density at radius 2 is 2.43 bits per heavy atom. The second kappa shape index (κ2) is 3.71. The van der Waals surface area contributed by atoms with Gasteiger partial charge in [0.15, 0.2) is 0 Å². The highest BCUT2D eigenvalue weighted by Crippen LogP contribution is 2.37. The van der Waals surface area contributed by atoms with E-state index in [1.165, 1.54) is 24.1 Å². The Balaban J connectivity index is 2.12. The van der Waals surface area contributed by atoms with Crippen LogP contribution in [0.4, 0.5) is 0 Å². The number of rotatable bonds is 4. The summed E-state index contributed by atoms with van der Waals surface area (Å²) in [4.78, 5) is 0. The predicted molar refractivity (Wildman–Crippen MR) is 55.4 cm³/mol. The van der Waals surface area contributed by atoms with Gasteiger partial charge < -0.3 is 0 Å². The highest BCUT2D eigenvalue weighted by Gasteiger charge is 2.27. The largest absolute Gasteiger partial charge is 0.273 e. The first-order valence-corrected chi connectivity index (χ1v) is 5.17. The lowest BCUT2D eigenvalue weighted by atomic mass is 10.0. The molecule has 1 fully saturated rings. The SMILES string of the molecule is Cc1c(C(CC2CC2)NN)cnn1C. The molecule has 1 aliphatic rings. The summed E-state index contributed by atoms with van der Waals surface area (Å²) >= 11 is 0. The second-order valence-electron chi connectivity index (χ2n) is 4.21. The highest BCUT2D eigenvalue weighted by molar-refractivity contribution is 5.20. The number of nitrogens with one attached hydrogen (secondary N) is 1. The fraction of sp³-hybridized carbons (Fsp3) is 0.700. The summed E-state index contributed by atoms with van der Waals surface area (Å²) < 4.78 is 1.90. The smallest absolute Gasteiger partial charge is 0.0540 e. The van der Waals surface area contributed by atoms with Crippen molar-refractivity contribution >= 4 is 0 Å². The first-order valence-electron chi connectivity index (χ1n) is 5.17. The molecule has 1 heterocycles. The van der Waals surface area contributed by atoms with Crippen molar-refractivity contribution in [3.63, 3.8) is 0 Å². The molecule has 3 N–H and O–H groups in total. The van der Waals surface area contributed by atoms with Crippen molar-refractivity contribution in [1.82, 2.24) is 15.2 Å². The monoisotopic (exact) mass is 194 g/mol. The molecule has 4 nitrogen and oxygen atoms in total. The molecule has 0 amide bonds. The average Bonchev–Trinajstić information content (AvgIpc) is 2.94. The fourth-order valence-corrected chi connectivity index (χ4v) is 1.83. The lowest BCUT2D eigenvalue weighted by molar-refractivity contribution is 0.484. The summed E-state index contributed by atoms with van der Waals surface area (Å²) in [6.07, 6.45) is 5.78. The molecular formula is C10H18N4. The van der Waals surface area contributed by atoms with Crippen molar-refractivity contribution in [2.24, 2.45) is 18.8 Å². The van der Waals surface area contributed by atoms with Gasteiger partial charge in [-0.1, -0.05) is 12.8 Å². The topological polar surface area (TPSA) is 55.9 Å². The van der Waals surface area contributed by atoms with E-state index in [-0.39, 0.29) is 6.04 Å². The summed E-state index contributed by atoms with van der Waals surface area (Å²) in [7, 11) is 1.96. The molecule has 14 heavy (non-hydrogen) atoms. The number of aryl methyl sites for hydroxylation is 1. The first kappa shape index (κ1) is 9.68. The molecule has 1 atom stereocenters. The van der Waals surface area contributed by atoms with Gasteiger partial charge in [0.1, 0.15) is 0 Å². The molecule has 0 aliphatic heterocycles. The minimum absolute atomic E-state index is 0.274. The van der Waals surface area contributed by atoms with Gasteiger partial charge in [-0.25, -0.2) is 0 Å². The van der Waals surface area contributed by atoms with E-state index in [0.717, 1.165) is 12.3 Å². The van der Waals surface area contributed by atoms with Gasteiger partial charge in [0.05, 0.1) is 6.20 Å². The van der Waals surface area contributed by atoms with Crippen molar-refractivity contribution in [1.29, 1.82) is 0 Å². The number of aromatic nitrogens is 2. The van der Waals surface area contributed by atoms with Crippen LogP contribution in [0.1, 0.15) is 36.6 Å². The van der Waals surface area contributed by atoms with E-state index in [0.29, 0.717) is 0 Å². The third kappa shape index (κ3) is 1.81. The molecule has 2 rings (SSSR count). The molecule has 0 radical (unpaired) electrons. The van der Waals surface area contributed by atoms with Crippen LogP contribution >= 0.6 is 0 Å². The summed E-state index contributed by atoms with van der Waals surface area (Å²) in [5.74, 6) is 6.44. The average molecular weight is 194 g/mol. The number of hydrogen-bond donors (Lipinski definition) is 2. The van der Waals surface area contributed by atoms with Crippen LogP contribution in [0, 0.1) is 12.8 Å². The number of nitrogens with two attached hydrogens (primary N) is 1. The predicted octanol–water partition coefficient (Wildman–Crippen LogP) is 1.03. The maximum absolute atomic E-state index is 5.57. The van der Waals surface area contributed by atoms with Crippen LogP contribution in [0.25, 0.3) is 0 Å². The Hall–Kier alpha value is -0.870. The molecule has 78 valence electrons. The highest BCUT2D eigenvalue weighted by atomic mass is 15.3. The summed E-state index contributed by atoms with van der Waals surface area (Å²) in [5, 5.41) is 4.23. The van der Waals surface area contributed by atoms with E-state index >= 15 is 0 Å². The van der Waals surface area contributed by atoms with Crippen molar-refractivity contribution in [2.75, 3.05) is 0 Å². The Kier molecular flexibility index (Phi) is 2.56. The molecule has 0 saturated heterocycles. The molecular weight excluding hydrogens is 176 g/mol. The van der Waals surface area contributed by atoms with E-state index in [1.807, 2.05) is 17.9 Å². The van der Waals surface area contributed by atoms with Crippen molar-refractivity contribution in [3.05, 3.63) is 17.5 Å². The fourth-order valence-electron chi connectivity index (χ4n) is 1.83. The van der Waals surface area contributed by atoms with Gasteiger partial charge >= 0.3 is 0 Å². The van der Waals surface area contributed by atoms with Crippen LogP contribution in [0.2, 0.25) is 0 Å². The Labute approximate surface area is 84.4 Å². The number of hydrazine groups is 1. The maximum Gasteiger partial charge on any atom is 0.0540 e. The van der Waals surface area contributed by atoms with Gasteiger partial charge in [-0.3, -0.25) is 16.0 Å². The van der Waals surface area contributed by atoms with Gasteiger partial charge in [0.2, 0.25) is 0 Å². The van der Waals surface area contributed by atoms with Crippen molar-refractivity contribution in [3.8, 4) is 0 Å².